The Morgan fingerprint density at radius 2 is 2.05 bits per heavy atom. The van der Waals surface area contributed by atoms with E-state index in [0.29, 0.717) is 16.1 Å². The Balaban J connectivity index is 1.83. The minimum atomic E-state index is -0.396. The summed E-state index contributed by atoms with van der Waals surface area (Å²) in [6.45, 7) is 1.75. The molecule has 0 unspecified atom stereocenters. The number of nitrogens with one attached hydrogen (secondary N) is 1. The summed E-state index contributed by atoms with van der Waals surface area (Å²) in [5, 5.41) is 3.72. The fourth-order valence-corrected chi connectivity index (χ4v) is 2.80. The number of carbonyl (C=O) groups excluding carboxylic acids is 1. The summed E-state index contributed by atoms with van der Waals surface area (Å²) >= 11 is 5.85. The first-order valence-electron chi connectivity index (χ1n) is 6.93. The Hall–Kier alpha value is -1.71. The predicted molar refractivity (Wildman–Crippen MR) is 81.3 cm³/mol. The van der Waals surface area contributed by atoms with Crippen molar-refractivity contribution >= 4 is 17.4 Å². The summed E-state index contributed by atoms with van der Waals surface area (Å²) in [6, 6.07) is 10.0. The van der Waals surface area contributed by atoms with Gasteiger partial charge in [-0.3, -0.25) is 4.79 Å². The summed E-state index contributed by atoms with van der Waals surface area (Å²) in [6.07, 6.45) is 1.01. The van der Waals surface area contributed by atoms with Crippen molar-refractivity contribution in [2.24, 2.45) is 0 Å². The van der Waals surface area contributed by atoms with Gasteiger partial charge < -0.3 is 5.32 Å². The quantitative estimate of drug-likeness (QED) is 0.879. The van der Waals surface area contributed by atoms with Crippen molar-refractivity contribution < 1.29 is 9.18 Å². The van der Waals surface area contributed by atoms with Crippen LogP contribution >= 0.6 is 11.6 Å². The van der Waals surface area contributed by atoms with Crippen LogP contribution in [0.25, 0.3) is 0 Å². The largest absolute Gasteiger partial charge is 0.312 e. The third-order valence-corrected chi connectivity index (χ3v) is 4.01. The molecule has 1 N–H and O–H groups in total. The number of hydrogen-bond donors (Lipinski definition) is 1. The molecule has 2 aromatic rings. The second-order valence-electron chi connectivity index (χ2n) is 5.25. The molecule has 1 aliphatic rings. The van der Waals surface area contributed by atoms with Gasteiger partial charge in [0.25, 0.3) is 0 Å². The van der Waals surface area contributed by atoms with Gasteiger partial charge in [-0.1, -0.05) is 23.7 Å². The average molecular weight is 304 g/mol. The number of carbonyl (C=O) groups is 1. The number of fused-ring (bicyclic) bond motifs is 1. The highest BCUT2D eigenvalue weighted by atomic mass is 35.5. The third kappa shape index (κ3) is 3.14. The summed E-state index contributed by atoms with van der Waals surface area (Å²) in [5.74, 6) is -0.489. The number of Topliss-reactive ketones (excluding diaryl/α,β-unsaturated/α-hetero) is 1. The number of benzene rings is 2. The summed E-state index contributed by atoms with van der Waals surface area (Å²) in [7, 11) is 0. The van der Waals surface area contributed by atoms with Crippen molar-refractivity contribution in [2.75, 3.05) is 6.54 Å². The minimum absolute atomic E-state index is 0.0264. The standard InChI is InChI=1S/C17H15ClFNO/c18-15-3-4-16(19)13(8-15)9-17(21)12-2-1-11-5-6-20-10-14(11)7-12/h1-4,7-8,20H,5-6,9-10H2. The smallest absolute Gasteiger partial charge is 0.167 e. The van der Waals surface area contributed by atoms with E-state index in [-0.39, 0.29) is 12.2 Å². The Labute approximate surface area is 127 Å². The number of hydrogen-bond acceptors (Lipinski definition) is 2. The molecule has 0 spiro atoms. The Morgan fingerprint density at radius 1 is 1.19 bits per heavy atom. The van der Waals surface area contributed by atoms with E-state index >= 15 is 0 Å². The molecule has 3 rings (SSSR count). The Kier molecular flexibility index (Phi) is 4.04. The van der Waals surface area contributed by atoms with E-state index in [2.05, 4.69) is 5.32 Å². The molecule has 2 nitrogen and oxygen atoms in total. The molecular weight excluding hydrogens is 289 g/mol. The van der Waals surface area contributed by atoms with Crippen molar-refractivity contribution in [3.05, 3.63) is 69.5 Å². The van der Waals surface area contributed by atoms with Crippen LogP contribution in [0.3, 0.4) is 0 Å². The van der Waals surface area contributed by atoms with Crippen molar-refractivity contribution in [1.29, 1.82) is 0 Å². The number of halogens is 2. The molecule has 1 heterocycles. The van der Waals surface area contributed by atoms with Gasteiger partial charge in [-0.05, 0) is 53.9 Å². The highest BCUT2D eigenvalue weighted by Gasteiger charge is 2.14. The highest BCUT2D eigenvalue weighted by molar-refractivity contribution is 6.30. The lowest BCUT2D eigenvalue weighted by molar-refractivity contribution is 0.0991. The molecule has 2 aromatic carbocycles. The lowest BCUT2D eigenvalue weighted by Crippen LogP contribution is -2.24. The molecular formula is C17H15ClFNO. The number of rotatable bonds is 3. The molecule has 0 fully saturated rings. The van der Waals surface area contributed by atoms with Crippen LogP contribution in [-0.4, -0.2) is 12.3 Å². The van der Waals surface area contributed by atoms with Gasteiger partial charge in [0.15, 0.2) is 5.78 Å². The van der Waals surface area contributed by atoms with E-state index in [1.54, 1.807) is 0 Å². The van der Waals surface area contributed by atoms with Crippen LogP contribution in [0.4, 0.5) is 4.39 Å². The van der Waals surface area contributed by atoms with Gasteiger partial charge in [-0.2, -0.15) is 0 Å². The fourth-order valence-electron chi connectivity index (χ4n) is 2.61. The maximum absolute atomic E-state index is 13.7. The van der Waals surface area contributed by atoms with E-state index in [9.17, 15) is 9.18 Å². The first-order chi connectivity index (χ1) is 10.1. The van der Waals surface area contributed by atoms with Gasteiger partial charge in [0, 0.05) is 23.6 Å². The molecule has 0 aliphatic carbocycles. The molecule has 0 aromatic heterocycles. The molecule has 0 amide bonds. The normalized spacial score (nSPS) is 13.8. The zero-order valence-corrected chi connectivity index (χ0v) is 12.2. The summed E-state index contributed by atoms with van der Waals surface area (Å²) in [4.78, 5) is 12.3. The van der Waals surface area contributed by atoms with Crippen LogP contribution in [0.2, 0.25) is 5.02 Å². The molecule has 21 heavy (non-hydrogen) atoms. The number of ketones is 1. The van der Waals surface area contributed by atoms with Gasteiger partial charge in [0.1, 0.15) is 5.82 Å². The molecule has 0 atom stereocenters. The zero-order chi connectivity index (χ0) is 14.8. The maximum atomic E-state index is 13.7. The van der Waals surface area contributed by atoms with E-state index in [4.69, 9.17) is 11.6 Å². The van der Waals surface area contributed by atoms with Crippen molar-refractivity contribution in [3.8, 4) is 0 Å². The van der Waals surface area contributed by atoms with Gasteiger partial charge in [-0.25, -0.2) is 4.39 Å². The molecule has 0 saturated carbocycles. The maximum Gasteiger partial charge on any atom is 0.167 e. The Morgan fingerprint density at radius 3 is 2.90 bits per heavy atom. The van der Waals surface area contributed by atoms with E-state index in [1.807, 2.05) is 18.2 Å². The van der Waals surface area contributed by atoms with Crippen molar-refractivity contribution in [2.45, 2.75) is 19.4 Å². The van der Waals surface area contributed by atoms with Gasteiger partial charge in [0.2, 0.25) is 0 Å². The van der Waals surface area contributed by atoms with Crippen molar-refractivity contribution in [1.82, 2.24) is 5.32 Å². The van der Waals surface area contributed by atoms with Crippen LogP contribution < -0.4 is 5.32 Å². The minimum Gasteiger partial charge on any atom is -0.312 e. The van der Waals surface area contributed by atoms with Gasteiger partial charge in [0.05, 0.1) is 0 Å². The summed E-state index contributed by atoms with van der Waals surface area (Å²) < 4.78 is 13.7. The van der Waals surface area contributed by atoms with E-state index < -0.39 is 5.82 Å². The second kappa shape index (κ2) is 5.96. The molecule has 1 aliphatic heterocycles. The lowest BCUT2D eigenvalue weighted by atomic mass is 9.95. The Bertz CT molecular complexity index is 699. The van der Waals surface area contributed by atoms with Crippen LogP contribution in [-0.2, 0) is 19.4 Å². The summed E-state index contributed by atoms with van der Waals surface area (Å²) in [5.41, 5.74) is 3.39. The first-order valence-corrected chi connectivity index (χ1v) is 7.31. The molecule has 0 saturated heterocycles. The molecule has 108 valence electrons. The lowest BCUT2D eigenvalue weighted by Gasteiger charge is -2.17. The molecule has 4 heteroatoms. The third-order valence-electron chi connectivity index (χ3n) is 3.77. The van der Waals surface area contributed by atoms with E-state index in [0.717, 1.165) is 25.1 Å². The first kappa shape index (κ1) is 14.2. The molecule has 0 radical (unpaired) electrons. The molecule has 0 bridgehead atoms. The van der Waals surface area contributed by atoms with Crippen LogP contribution in [0, 0.1) is 5.82 Å². The van der Waals surface area contributed by atoms with Gasteiger partial charge >= 0.3 is 0 Å². The topological polar surface area (TPSA) is 29.1 Å². The van der Waals surface area contributed by atoms with Crippen molar-refractivity contribution in [3.63, 3.8) is 0 Å². The fraction of sp³-hybridized carbons (Fsp3) is 0.235. The van der Waals surface area contributed by atoms with Crippen LogP contribution in [0.15, 0.2) is 36.4 Å². The SMILES string of the molecule is O=C(Cc1cc(Cl)ccc1F)c1ccc2c(c1)CNCC2. The van der Waals surface area contributed by atoms with Crippen LogP contribution in [0.5, 0.6) is 0 Å². The highest BCUT2D eigenvalue weighted by Crippen LogP contribution is 2.20. The zero-order valence-electron chi connectivity index (χ0n) is 11.5. The van der Waals surface area contributed by atoms with Crippen LogP contribution in [0.1, 0.15) is 27.0 Å². The second-order valence-corrected chi connectivity index (χ2v) is 5.68. The van der Waals surface area contributed by atoms with E-state index in [1.165, 1.54) is 23.8 Å². The predicted octanol–water partition coefficient (Wildman–Crippen LogP) is 3.55. The monoisotopic (exact) mass is 303 g/mol. The average Bonchev–Trinajstić information content (AvgIpc) is 2.50. The van der Waals surface area contributed by atoms with Gasteiger partial charge in [-0.15, -0.1) is 0 Å².